The Kier molecular flexibility index (Phi) is 8.78. The van der Waals surface area contributed by atoms with Crippen molar-refractivity contribution in [3.8, 4) is 0 Å². The summed E-state index contributed by atoms with van der Waals surface area (Å²) < 4.78 is 14.8. The van der Waals surface area contributed by atoms with Crippen LogP contribution in [0, 0.1) is 5.92 Å². The van der Waals surface area contributed by atoms with Gasteiger partial charge in [-0.3, -0.25) is 9.59 Å². The lowest BCUT2D eigenvalue weighted by Crippen LogP contribution is -2.50. The molecule has 6 atom stereocenters. The maximum absolute atomic E-state index is 14.8. The molecule has 0 saturated carbocycles. The molecule has 4 aliphatic rings. The predicted octanol–water partition coefficient (Wildman–Crippen LogP) is 6.73. The summed E-state index contributed by atoms with van der Waals surface area (Å²) in [7, 11) is 3.67. The lowest BCUT2D eigenvalue weighted by atomic mass is 9.81. The van der Waals surface area contributed by atoms with Gasteiger partial charge in [-0.25, -0.2) is 9.38 Å². The zero-order valence-electron chi connectivity index (χ0n) is 26.5. The van der Waals surface area contributed by atoms with E-state index in [4.69, 9.17) is 28.2 Å². The largest absolute Gasteiger partial charge is 0.336 e. The van der Waals surface area contributed by atoms with Crippen molar-refractivity contribution in [2.45, 2.75) is 76.4 Å². The molecule has 2 aromatic carbocycles. The van der Waals surface area contributed by atoms with Gasteiger partial charge in [0.05, 0.1) is 18.6 Å². The van der Waals surface area contributed by atoms with Gasteiger partial charge in [-0.05, 0) is 93.9 Å². The fourth-order valence-corrected chi connectivity index (χ4v) is 8.98. The molecule has 240 valence electrons. The van der Waals surface area contributed by atoms with Crippen molar-refractivity contribution in [1.29, 1.82) is 0 Å². The molecule has 45 heavy (non-hydrogen) atoms. The predicted molar refractivity (Wildman–Crippen MR) is 180 cm³/mol. The van der Waals surface area contributed by atoms with Crippen LogP contribution < -0.4 is 0 Å². The van der Waals surface area contributed by atoms with E-state index >= 15 is 0 Å². The smallest absolute Gasteiger partial charge is 0.263 e. The van der Waals surface area contributed by atoms with Gasteiger partial charge in [0.1, 0.15) is 22.7 Å². The molecule has 6 rings (SSSR count). The molecule has 0 aromatic heterocycles. The highest BCUT2D eigenvalue weighted by atomic mass is 35.5. The second-order valence-electron chi connectivity index (χ2n) is 13.3. The first kappa shape index (κ1) is 32.4. The first-order valence-electron chi connectivity index (χ1n) is 15.6. The Labute approximate surface area is 279 Å². The van der Waals surface area contributed by atoms with Crippen LogP contribution in [0.5, 0.6) is 0 Å². The average molecular weight is 673 g/mol. The molecule has 2 amide bonds. The number of halogens is 3. The number of hydrogen-bond acceptors (Lipinski definition) is 6. The number of aliphatic imine (C=N–C) groups is 1. The van der Waals surface area contributed by atoms with Crippen molar-refractivity contribution in [2.24, 2.45) is 10.9 Å². The quantitative estimate of drug-likeness (QED) is 0.341. The Hall–Kier alpha value is -2.59. The summed E-state index contributed by atoms with van der Waals surface area (Å²) >= 11 is 14.0. The number of amidine groups is 1. The van der Waals surface area contributed by atoms with E-state index in [0.717, 1.165) is 22.0 Å². The van der Waals surface area contributed by atoms with Crippen molar-refractivity contribution in [1.82, 2.24) is 19.6 Å². The van der Waals surface area contributed by atoms with Crippen LogP contribution in [0.3, 0.4) is 0 Å². The first-order chi connectivity index (χ1) is 21.3. The van der Waals surface area contributed by atoms with Crippen molar-refractivity contribution in [3.05, 3.63) is 80.3 Å². The number of alkyl halides is 1. The Balaban J connectivity index is 1.37. The summed E-state index contributed by atoms with van der Waals surface area (Å²) in [4.78, 5) is 41.8. The normalized spacial score (nSPS) is 29.8. The third kappa shape index (κ3) is 5.57. The van der Waals surface area contributed by atoms with Gasteiger partial charge in [-0.1, -0.05) is 61.3 Å². The highest BCUT2D eigenvalue weighted by Gasteiger charge is 2.54. The minimum absolute atomic E-state index is 0.00898. The standard InChI is InChI=1S/C34H40Cl2FN5O2S/c1-19(2)28-29(32(44)41-20(3)7-16-26(41)31(43)40-17-25(37)27(18-40)39(5)6)45-33-38-34(4,22-10-14-24(36)15-11-22)30(42(28)33)21-8-12-23(35)13-9-21/h8-15,19-20,25-27,30H,7,16-18H2,1-6H3/t20-,25?,26?,27?,30-,34+/m1/s1. The van der Waals surface area contributed by atoms with E-state index in [2.05, 4.69) is 25.7 Å². The van der Waals surface area contributed by atoms with Gasteiger partial charge in [-0.15, -0.1) is 0 Å². The summed E-state index contributed by atoms with van der Waals surface area (Å²) in [5, 5.41) is 2.05. The monoisotopic (exact) mass is 671 g/mol. The Morgan fingerprint density at radius 2 is 1.64 bits per heavy atom. The SMILES string of the molecule is CC(C)C1=C(C(=O)N2C(C(=O)N3CC(F)C(N(C)C)C3)CC[C@H]2C)SC2=N[C@@](C)(c3ccc(Cl)cc3)[C@@H](c3ccc(Cl)cc3)N21. The average Bonchev–Trinajstić information content (AvgIpc) is 3.74. The maximum atomic E-state index is 14.8. The van der Waals surface area contributed by atoms with E-state index < -0.39 is 17.8 Å². The molecule has 4 heterocycles. The van der Waals surface area contributed by atoms with Gasteiger partial charge in [-0.2, -0.15) is 0 Å². The summed E-state index contributed by atoms with van der Waals surface area (Å²) in [6.07, 6.45) is 0.166. The molecule has 0 N–H and O–H groups in total. The number of nitrogens with zero attached hydrogens (tertiary/aromatic N) is 5. The minimum atomic E-state index is -1.11. The molecule has 2 aromatic rings. The van der Waals surface area contributed by atoms with Gasteiger partial charge in [0.2, 0.25) is 5.91 Å². The molecule has 0 bridgehead atoms. The Morgan fingerprint density at radius 3 is 2.22 bits per heavy atom. The summed E-state index contributed by atoms with van der Waals surface area (Å²) in [6.45, 7) is 8.67. The molecule has 0 radical (unpaired) electrons. The number of allylic oxidation sites excluding steroid dienone is 1. The zero-order chi connectivity index (χ0) is 32.4. The molecule has 0 spiro atoms. The van der Waals surface area contributed by atoms with Crippen LogP contribution in [0.25, 0.3) is 0 Å². The summed E-state index contributed by atoms with van der Waals surface area (Å²) in [5.41, 5.74) is 2.26. The van der Waals surface area contributed by atoms with Crippen LogP contribution in [0.4, 0.5) is 4.39 Å². The summed E-state index contributed by atoms with van der Waals surface area (Å²) in [6, 6.07) is 14.3. The van der Waals surface area contributed by atoms with Gasteiger partial charge in [0.15, 0.2) is 5.17 Å². The molecule has 2 fully saturated rings. The van der Waals surface area contributed by atoms with E-state index in [1.807, 2.05) is 74.4 Å². The molecule has 11 heteroatoms. The number of amides is 2. The van der Waals surface area contributed by atoms with Crippen LogP contribution in [0.15, 0.2) is 64.1 Å². The highest BCUT2D eigenvalue weighted by molar-refractivity contribution is 8.18. The van der Waals surface area contributed by atoms with Crippen LogP contribution in [0.2, 0.25) is 10.0 Å². The fraction of sp³-hybridized carbons (Fsp3) is 0.500. The lowest BCUT2D eigenvalue weighted by Gasteiger charge is -2.37. The first-order valence-corrected chi connectivity index (χ1v) is 17.1. The number of fused-ring (bicyclic) bond motifs is 1. The third-order valence-corrected chi connectivity index (χ3v) is 11.3. The van der Waals surface area contributed by atoms with Crippen LogP contribution in [-0.4, -0.2) is 88.1 Å². The third-order valence-electron chi connectivity index (χ3n) is 9.75. The van der Waals surface area contributed by atoms with E-state index in [-0.39, 0.29) is 42.4 Å². The van der Waals surface area contributed by atoms with E-state index in [1.54, 1.807) is 9.80 Å². The number of thioether (sulfide) groups is 1. The number of likely N-dealkylation sites (N-methyl/N-ethyl adjacent to an activating group) is 1. The van der Waals surface area contributed by atoms with Crippen molar-refractivity contribution < 1.29 is 14.0 Å². The lowest BCUT2D eigenvalue weighted by molar-refractivity contribution is -0.142. The molecule has 3 unspecified atom stereocenters. The van der Waals surface area contributed by atoms with Crippen LogP contribution in [0.1, 0.15) is 57.7 Å². The van der Waals surface area contributed by atoms with Crippen molar-refractivity contribution in [3.63, 3.8) is 0 Å². The van der Waals surface area contributed by atoms with Crippen LogP contribution in [-0.2, 0) is 15.1 Å². The van der Waals surface area contributed by atoms with Gasteiger partial charge in [0, 0.05) is 28.3 Å². The van der Waals surface area contributed by atoms with Crippen molar-refractivity contribution >= 4 is 51.9 Å². The van der Waals surface area contributed by atoms with Gasteiger partial charge >= 0.3 is 0 Å². The van der Waals surface area contributed by atoms with Gasteiger partial charge in [0.25, 0.3) is 5.91 Å². The molecule has 4 aliphatic heterocycles. The molecule has 0 aliphatic carbocycles. The Morgan fingerprint density at radius 1 is 1.02 bits per heavy atom. The summed E-state index contributed by atoms with van der Waals surface area (Å²) in [5.74, 6) is -0.334. The Bertz CT molecular complexity index is 1550. The number of rotatable bonds is 6. The number of likely N-dealkylation sites (tertiary alicyclic amines) is 2. The van der Waals surface area contributed by atoms with E-state index in [1.165, 1.54) is 11.8 Å². The van der Waals surface area contributed by atoms with Crippen LogP contribution >= 0.6 is 35.0 Å². The maximum Gasteiger partial charge on any atom is 0.263 e. The number of carbonyl (C=O) groups excluding carboxylic acids is 2. The van der Waals surface area contributed by atoms with Crippen molar-refractivity contribution in [2.75, 3.05) is 27.2 Å². The van der Waals surface area contributed by atoms with Gasteiger partial charge < -0.3 is 19.6 Å². The molecule has 2 saturated heterocycles. The molecular weight excluding hydrogens is 632 g/mol. The number of benzene rings is 2. The fourth-order valence-electron chi connectivity index (χ4n) is 7.37. The topological polar surface area (TPSA) is 59.5 Å². The van der Waals surface area contributed by atoms with E-state index in [9.17, 15) is 14.0 Å². The highest BCUT2D eigenvalue weighted by Crippen LogP contribution is 2.56. The zero-order valence-corrected chi connectivity index (χ0v) is 28.8. The van der Waals surface area contributed by atoms with E-state index in [0.29, 0.717) is 34.3 Å². The second-order valence-corrected chi connectivity index (χ2v) is 15.1. The minimum Gasteiger partial charge on any atom is -0.336 e. The number of hydrogen-bond donors (Lipinski definition) is 0. The number of carbonyl (C=O) groups is 2. The molecular formula is C34H40Cl2FN5O2S. The second kappa shape index (κ2) is 12.2. The molecule has 7 nitrogen and oxygen atoms in total.